The third kappa shape index (κ3) is 1.79. The molecule has 16 heavy (non-hydrogen) atoms. The topological polar surface area (TPSA) is 0 Å². The molecule has 0 N–H and O–H groups in total. The first-order valence-corrected chi connectivity index (χ1v) is 6.85. The fraction of sp³-hybridized carbons (Fsp3) is 0.625. The molecule has 2 fully saturated rings. The predicted octanol–water partition coefficient (Wildman–Crippen LogP) is 4.08. The summed E-state index contributed by atoms with van der Waals surface area (Å²) in [6.45, 7) is 4.64. The van der Waals surface area contributed by atoms with Crippen molar-refractivity contribution in [3.63, 3.8) is 0 Å². The Balaban J connectivity index is 1.60. The lowest BCUT2D eigenvalue weighted by molar-refractivity contribution is 0.470. The summed E-state index contributed by atoms with van der Waals surface area (Å²) in [7, 11) is 0. The summed E-state index contributed by atoms with van der Waals surface area (Å²) in [5.74, 6) is 4.21. The van der Waals surface area contributed by atoms with E-state index in [1.54, 1.807) is 5.56 Å². The van der Waals surface area contributed by atoms with Crippen LogP contribution in [0.3, 0.4) is 0 Å². The van der Waals surface area contributed by atoms with E-state index in [0.717, 1.165) is 30.1 Å². The smallest absolute Gasteiger partial charge is 0.0245 e. The van der Waals surface area contributed by atoms with Gasteiger partial charge in [-0.05, 0) is 60.5 Å². The van der Waals surface area contributed by atoms with E-state index in [1.807, 2.05) is 0 Å². The quantitative estimate of drug-likeness (QED) is 0.711. The van der Waals surface area contributed by atoms with Crippen molar-refractivity contribution in [2.24, 2.45) is 23.7 Å². The van der Waals surface area contributed by atoms with E-state index in [9.17, 15) is 0 Å². The summed E-state index contributed by atoms with van der Waals surface area (Å²) in [5.41, 5.74) is 3.03. The fourth-order valence-corrected chi connectivity index (χ4v) is 3.73. The van der Waals surface area contributed by atoms with Gasteiger partial charge in [0.05, 0.1) is 0 Å². The summed E-state index contributed by atoms with van der Waals surface area (Å²) in [5, 5.41) is 0. The minimum Gasteiger partial charge on any atom is -0.0625 e. The standard InChI is InChI=1S/C16H22/c1-3-12-4-6-13(7-5-12)10-16-14-8-11(2)9-15(14)16/h4-7,11,14-16H,3,8-10H2,1-2H3. The van der Waals surface area contributed by atoms with Crippen LogP contribution in [-0.4, -0.2) is 0 Å². The highest BCUT2D eigenvalue weighted by molar-refractivity contribution is 5.24. The van der Waals surface area contributed by atoms with E-state index >= 15 is 0 Å². The summed E-state index contributed by atoms with van der Waals surface area (Å²) in [4.78, 5) is 0. The van der Waals surface area contributed by atoms with Gasteiger partial charge in [-0.2, -0.15) is 0 Å². The maximum atomic E-state index is 2.42. The number of aryl methyl sites for hydroxylation is 1. The Bertz CT molecular complexity index is 350. The zero-order valence-corrected chi connectivity index (χ0v) is 10.4. The average Bonchev–Trinajstić information content (AvgIpc) is 2.74. The van der Waals surface area contributed by atoms with Crippen LogP contribution in [0.4, 0.5) is 0 Å². The lowest BCUT2D eigenvalue weighted by Crippen LogP contribution is -1.99. The maximum absolute atomic E-state index is 2.42. The average molecular weight is 214 g/mol. The van der Waals surface area contributed by atoms with Gasteiger partial charge in [0.15, 0.2) is 0 Å². The van der Waals surface area contributed by atoms with Crippen LogP contribution in [0.2, 0.25) is 0 Å². The molecule has 0 amide bonds. The molecule has 0 heterocycles. The van der Waals surface area contributed by atoms with Gasteiger partial charge < -0.3 is 0 Å². The third-order valence-corrected chi connectivity index (χ3v) is 4.76. The zero-order valence-electron chi connectivity index (χ0n) is 10.4. The van der Waals surface area contributed by atoms with E-state index in [1.165, 1.54) is 24.8 Å². The molecule has 0 saturated heterocycles. The molecule has 2 atom stereocenters. The van der Waals surface area contributed by atoms with Crippen LogP contribution in [0.15, 0.2) is 24.3 Å². The molecule has 2 saturated carbocycles. The first-order valence-electron chi connectivity index (χ1n) is 6.85. The molecular weight excluding hydrogens is 192 g/mol. The first kappa shape index (κ1) is 10.4. The Morgan fingerprint density at radius 3 is 2.12 bits per heavy atom. The second kappa shape index (κ2) is 3.91. The molecule has 0 bridgehead atoms. The molecule has 1 aromatic carbocycles. The molecule has 3 rings (SSSR count). The molecule has 0 heteroatoms. The zero-order chi connectivity index (χ0) is 11.1. The third-order valence-electron chi connectivity index (χ3n) is 4.76. The second-order valence-electron chi connectivity index (χ2n) is 5.94. The molecule has 0 aliphatic heterocycles. The van der Waals surface area contributed by atoms with E-state index < -0.39 is 0 Å². The van der Waals surface area contributed by atoms with Gasteiger partial charge in [-0.1, -0.05) is 38.1 Å². The lowest BCUT2D eigenvalue weighted by Gasteiger charge is -2.08. The van der Waals surface area contributed by atoms with Crippen molar-refractivity contribution in [3.8, 4) is 0 Å². The first-order chi connectivity index (χ1) is 7.78. The largest absolute Gasteiger partial charge is 0.0625 e. The Hall–Kier alpha value is -0.780. The van der Waals surface area contributed by atoms with E-state index in [-0.39, 0.29) is 0 Å². The SMILES string of the molecule is CCc1ccc(CC2C3CC(C)CC23)cc1. The number of rotatable bonds is 3. The van der Waals surface area contributed by atoms with Gasteiger partial charge in [0.25, 0.3) is 0 Å². The van der Waals surface area contributed by atoms with Crippen molar-refractivity contribution in [2.45, 2.75) is 39.5 Å². The van der Waals surface area contributed by atoms with Gasteiger partial charge in [-0.25, -0.2) is 0 Å². The van der Waals surface area contributed by atoms with Crippen molar-refractivity contribution in [3.05, 3.63) is 35.4 Å². The van der Waals surface area contributed by atoms with Crippen molar-refractivity contribution >= 4 is 0 Å². The molecule has 0 aromatic heterocycles. The number of hydrogen-bond donors (Lipinski definition) is 0. The van der Waals surface area contributed by atoms with Gasteiger partial charge in [0.1, 0.15) is 0 Å². The van der Waals surface area contributed by atoms with Crippen molar-refractivity contribution in [1.82, 2.24) is 0 Å². The molecule has 2 aliphatic rings. The Kier molecular flexibility index (Phi) is 2.53. The number of fused-ring (bicyclic) bond motifs is 1. The minimum atomic E-state index is 1.01. The lowest BCUT2D eigenvalue weighted by atomic mass is 9.97. The molecular formula is C16H22. The Morgan fingerprint density at radius 2 is 1.56 bits per heavy atom. The highest BCUT2D eigenvalue weighted by Crippen LogP contribution is 2.60. The van der Waals surface area contributed by atoms with Gasteiger partial charge in [-0.3, -0.25) is 0 Å². The second-order valence-corrected chi connectivity index (χ2v) is 5.94. The molecule has 2 unspecified atom stereocenters. The monoisotopic (exact) mass is 214 g/mol. The summed E-state index contributed by atoms with van der Waals surface area (Å²) >= 11 is 0. The van der Waals surface area contributed by atoms with Crippen LogP contribution in [0.1, 0.15) is 37.8 Å². The minimum absolute atomic E-state index is 1.01. The van der Waals surface area contributed by atoms with Gasteiger partial charge in [-0.15, -0.1) is 0 Å². The van der Waals surface area contributed by atoms with Gasteiger partial charge in [0.2, 0.25) is 0 Å². The molecule has 0 nitrogen and oxygen atoms in total. The summed E-state index contributed by atoms with van der Waals surface area (Å²) < 4.78 is 0. The molecule has 1 aromatic rings. The predicted molar refractivity (Wildman–Crippen MR) is 68.4 cm³/mol. The van der Waals surface area contributed by atoms with Crippen molar-refractivity contribution in [1.29, 1.82) is 0 Å². The van der Waals surface area contributed by atoms with E-state index in [2.05, 4.69) is 38.1 Å². The summed E-state index contributed by atoms with van der Waals surface area (Å²) in [6.07, 6.45) is 5.50. The number of benzene rings is 1. The van der Waals surface area contributed by atoms with Crippen LogP contribution >= 0.6 is 0 Å². The van der Waals surface area contributed by atoms with Gasteiger partial charge >= 0.3 is 0 Å². The molecule has 2 aliphatic carbocycles. The molecule has 86 valence electrons. The normalized spacial score (nSPS) is 36.1. The molecule has 0 radical (unpaired) electrons. The molecule has 0 spiro atoms. The van der Waals surface area contributed by atoms with E-state index in [0.29, 0.717) is 0 Å². The fourth-order valence-electron chi connectivity index (χ4n) is 3.73. The Labute approximate surface area is 99.1 Å². The van der Waals surface area contributed by atoms with Gasteiger partial charge in [0, 0.05) is 0 Å². The number of hydrogen-bond acceptors (Lipinski definition) is 0. The van der Waals surface area contributed by atoms with E-state index in [4.69, 9.17) is 0 Å². The van der Waals surface area contributed by atoms with Crippen LogP contribution in [0.25, 0.3) is 0 Å². The van der Waals surface area contributed by atoms with Crippen LogP contribution < -0.4 is 0 Å². The maximum Gasteiger partial charge on any atom is -0.0245 e. The van der Waals surface area contributed by atoms with Crippen LogP contribution in [0.5, 0.6) is 0 Å². The highest BCUT2D eigenvalue weighted by Gasteiger charge is 2.54. The Morgan fingerprint density at radius 1 is 1.00 bits per heavy atom. The highest BCUT2D eigenvalue weighted by atomic mass is 14.6. The van der Waals surface area contributed by atoms with Crippen LogP contribution in [0, 0.1) is 23.7 Å². The summed E-state index contributed by atoms with van der Waals surface area (Å²) in [6, 6.07) is 9.29. The van der Waals surface area contributed by atoms with Crippen LogP contribution in [-0.2, 0) is 12.8 Å². The van der Waals surface area contributed by atoms with Crippen molar-refractivity contribution in [2.75, 3.05) is 0 Å². The van der Waals surface area contributed by atoms with Crippen molar-refractivity contribution < 1.29 is 0 Å².